The lowest BCUT2D eigenvalue weighted by molar-refractivity contribution is 0.881. The van der Waals surface area contributed by atoms with Crippen LogP contribution in [0.1, 0.15) is 18.4 Å². The molecule has 0 saturated heterocycles. The van der Waals surface area contributed by atoms with Crippen molar-refractivity contribution < 1.29 is 0 Å². The Balaban J connectivity index is 2.30. The monoisotopic (exact) mass is 199 g/mol. The summed E-state index contributed by atoms with van der Waals surface area (Å²) < 4.78 is 0. The molecule has 0 amide bonds. The van der Waals surface area contributed by atoms with Gasteiger partial charge in [-0.1, -0.05) is 24.3 Å². The van der Waals surface area contributed by atoms with Crippen molar-refractivity contribution in [2.24, 2.45) is 0 Å². The highest BCUT2D eigenvalue weighted by Gasteiger charge is 2.05. The third kappa shape index (κ3) is 1.83. The van der Waals surface area contributed by atoms with E-state index in [1.165, 1.54) is 0 Å². The van der Waals surface area contributed by atoms with Gasteiger partial charge in [-0.2, -0.15) is 10.5 Å². The Kier molecular flexibility index (Phi) is 2.42. The van der Waals surface area contributed by atoms with Crippen LogP contribution >= 0.6 is 0 Å². The second-order valence-corrected chi connectivity index (χ2v) is 3.21. The molecule has 74 valence electrons. The minimum atomic E-state index is -0.0932. The van der Waals surface area contributed by atoms with Crippen molar-refractivity contribution in [2.45, 2.75) is 12.8 Å². The zero-order valence-corrected chi connectivity index (χ0v) is 8.18. The van der Waals surface area contributed by atoms with Gasteiger partial charge in [0.2, 0.25) is 5.82 Å². The number of H-pyrrole nitrogens is 1. The molecule has 1 N–H and O–H groups in total. The number of hydrogen-bond acceptors (Lipinski definition) is 4. The van der Waals surface area contributed by atoms with Gasteiger partial charge in [-0.05, 0) is 17.7 Å². The summed E-state index contributed by atoms with van der Waals surface area (Å²) in [6.45, 7) is 1.86. The zero-order chi connectivity index (χ0) is 10.7. The van der Waals surface area contributed by atoms with Crippen LogP contribution in [0.4, 0.5) is 0 Å². The van der Waals surface area contributed by atoms with Gasteiger partial charge in [-0.25, -0.2) is 0 Å². The number of aromatic nitrogens is 4. The van der Waals surface area contributed by atoms with Crippen LogP contribution < -0.4 is 0 Å². The molecule has 1 aromatic heterocycles. The number of rotatable bonds is 2. The Morgan fingerprint density at radius 3 is 2.60 bits per heavy atom. The number of tetrazole rings is 1. The lowest BCUT2D eigenvalue weighted by Gasteiger charge is -2.02. The van der Waals surface area contributed by atoms with Gasteiger partial charge in [0.25, 0.3) is 0 Å². The topological polar surface area (TPSA) is 78.2 Å². The molecular weight excluding hydrogens is 190 g/mol. The summed E-state index contributed by atoms with van der Waals surface area (Å²) >= 11 is 0. The Morgan fingerprint density at radius 2 is 2.07 bits per heavy atom. The second-order valence-electron chi connectivity index (χ2n) is 3.21. The van der Waals surface area contributed by atoms with E-state index in [1.807, 2.05) is 31.2 Å². The van der Waals surface area contributed by atoms with E-state index >= 15 is 0 Å². The highest BCUT2D eigenvalue weighted by Crippen LogP contribution is 2.18. The quantitative estimate of drug-likeness (QED) is 0.794. The van der Waals surface area contributed by atoms with E-state index in [9.17, 15) is 0 Å². The zero-order valence-electron chi connectivity index (χ0n) is 8.18. The Bertz CT molecular complexity index is 466. The molecule has 0 aliphatic carbocycles. The molecule has 0 saturated carbocycles. The van der Waals surface area contributed by atoms with Crippen molar-refractivity contribution in [1.82, 2.24) is 20.6 Å². The van der Waals surface area contributed by atoms with Gasteiger partial charge in [0.1, 0.15) is 0 Å². The van der Waals surface area contributed by atoms with Crippen molar-refractivity contribution in [3.8, 4) is 17.5 Å². The third-order valence-electron chi connectivity index (χ3n) is 2.21. The molecule has 5 nitrogen and oxygen atoms in total. The molecule has 0 fully saturated rings. The summed E-state index contributed by atoms with van der Waals surface area (Å²) in [6.07, 6.45) is 0. The van der Waals surface area contributed by atoms with Crippen LogP contribution in [-0.4, -0.2) is 20.6 Å². The first kappa shape index (κ1) is 9.34. The summed E-state index contributed by atoms with van der Waals surface area (Å²) in [5, 5.41) is 22.4. The van der Waals surface area contributed by atoms with Crippen LogP contribution in [0.15, 0.2) is 24.3 Å². The smallest absolute Gasteiger partial charge is 0.198 e. The molecular formula is C10H9N5. The van der Waals surface area contributed by atoms with Gasteiger partial charge < -0.3 is 0 Å². The largest absolute Gasteiger partial charge is 0.204 e. The molecule has 0 aliphatic rings. The Labute approximate surface area is 86.7 Å². The number of nitrogens with one attached hydrogen (secondary N) is 1. The first-order valence-corrected chi connectivity index (χ1v) is 4.54. The lowest BCUT2D eigenvalue weighted by atomic mass is 10.0. The minimum Gasteiger partial charge on any atom is -0.198 e. The summed E-state index contributed by atoms with van der Waals surface area (Å²) in [5.74, 6) is 0.468. The fourth-order valence-electron chi connectivity index (χ4n) is 1.28. The molecule has 0 bridgehead atoms. The van der Waals surface area contributed by atoms with E-state index in [-0.39, 0.29) is 5.92 Å². The van der Waals surface area contributed by atoms with Crippen LogP contribution in [-0.2, 0) is 0 Å². The van der Waals surface area contributed by atoms with Crippen molar-refractivity contribution in [2.75, 3.05) is 0 Å². The fourth-order valence-corrected chi connectivity index (χ4v) is 1.28. The number of aromatic amines is 1. The third-order valence-corrected chi connectivity index (χ3v) is 2.21. The molecule has 2 aromatic rings. The van der Waals surface area contributed by atoms with E-state index < -0.39 is 0 Å². The molecule has 0 aliphatic heterocycles. The first-order valence-electron chi connectivity index (χ1n) is 4.54. The second kappa shape index (κ2) is 3.88. The van der Waals surface area contributed by atoms with Gasteiger partial charge in [0.05, 0.1) is 12.0 Å². The van der Waals surface area contributed by atoms with Gasteiger partial charge in [-0.15, -0.1) is 10.2 Å². The van der Waals surface area contributed by atoms with Crippen LogP contribution in [0.5, 0.6) is 0 Å². The number of benzene rings is 1. The van der Waals surface area contributed by atoms with Crippen LogP contribution in [0, 0.1) is 11.3 Å². The van der Waals surface area contributed by atoms with Gasteiger partial charge in [-0.3, -0.25) is 0 Å². The average molecular weight is 199 g/mol. The van der Waals surface area contributed by atoms with Crippen molar-refractivity contribution in [3.05, 3.63) is 29.8 Å². The lowest BCUT2D eigenvalue weighted by Crippen LogP contribution is -1.89. The summed E-state index contributed by atoms with van der Waals surface area (Å²) in [4.78, 5) is 0. The maximum Gasteiger partial charge on any atom is 0.204 e. The van der Waals surface area contributed by atoms with Crippen LogP contribution in [0.3, 0.4) is 0 Å². The summed E-state index contributed by atoms with van der Waals surface area (Å²) in [7, 11) is 0. The van der Waals surface area contributed by atoms with Crippen LogP contribution in [0.25, 0.3) is 11.4 Å². The molecule has 0 spiro atoms. The Morgan fingerprint density at radius 1 is 1.33 bits per heavy atom. The van der Waals surface area contributed by atoms with E-state index in [2.05, 4.69) is 26.7 Å². The maximum absolute atomic E-state index is 8.75. The summed E-state index contributed by atoms with van der Waals surface area (Å²) in [5.41, 5.74) is 1.88. The highest BCUT2D eigenvalue weighted by molar-refractivity contribution is 5.54. The first-order chi connectivity index (χ1) is 7.31. The molecule has 1 aromatic carbocycles. The van der Waals surface area contributed by atoms with E-state index in [1.54, 1.807) is 0 Å². The Hall–Kier alpha value is -2.22. The molecule has 2 rings (SSSR count). The number of hydrogen-bond donors (Lipinski definition) is 1. The predicted octanol–water partition coefficient (Wildman–Crippen LogP) is 1.49. The fraction of sp³-hybridized carbons (Fsp3) is 0.200. The average Bonchev–Trinajstić information content (AvgIpc) is 2.82. The molecule has 1 heterocycles. The molecule has 1 atom stereocenters. The van der Waals surface area contributed by atoms with Gasteiger partial charge in [0, 0.05) is 5.56 Å². The molecule has 5 heteroatoms. The number of nitrogens with zero attached hydrogens (tertiary/aromatic N) is 4. The standard InChI is InChI=1S/C10H9N5/c1-7(6-11)8-2-4-9(5-3-8)10-12-14-15-13-10/h2-5,7H,1H3,(H,12,13,14,15). The van der Waals surface area contributed by atoms with Crippen molar-refractivity contribution in [1.29, 1.82) is 5.26 Å². The van der Waals surface area contributed by atoms with Crippen molar-refractivity contribution in [3.63, 3.8) is 0 Å². The molecule has 1 unspecified atom stereocenters. The number of nitriles is 1. The highest BCUT2D eigenvalue weighted by atomic mass is 15.5. The van der Waals surface area contributed by atoms with Crippen LogP contribution in [0.2, 0.25) is 0 Å². The van der Waals surface area contributed by atoms with E-state index in [0.29, 0.717) is 5.82 Å². The molecule has 0 radical (unpaired) electrons. The van der Waals surface area contributed by atoms with E-state index in [4.69, 9.17) is 5.26 Å². The minimum absolute atomic E-state index is 0.0932. The normalized spacial score (nSPS) is 12.0. The van der Waals surface area contributed by atoms with Crippen molar-refractivity contribution >= 4 is 0 Å². The molecule has 15 heavy (non-hydrogen) atoms. The van der Waals surface area contributed by atoms with Gasteiger partial charge in [0.15, 0.2) is 0 Å². The van der Waals surface area contributed by atoms with Gasteiger partial charge >= 0.3 is 0 Å². The SMILES string of the molecule is CC(C#N)c1ccc(-c2nn[nH]n2)cc1. The predicted molar refractivity (Wildman–Crippen MR) is 53.6 cm³/mol. The summed E-state index contributed by atoms with van der Waals surface area (Å²) in [6, 6.07) is 9.76. The van der Waals surface area contributed by atoms with E-state index in [0.717, 1.165) is 11.1 Å². The maximum atomic E-state index is 8.75.